The number of methoxy groups -OCH3 is 1. The molecule has 1 aromatic rings. The van der Waals surface area contributed by atoms with E-state index in [9.17, 15) is 18.3 Å². The highest BCUT2D eigenvalue weighted by molar-refractivity contribution is 5.09. The highest BCUT2D eigenvalue weighted by Gasteiger charge is 2.43. The molecule has 124 valence electrons. The van der Waals surface area contributed by atoms with Crippen LogP contribution in [0, 0.1) is 0 Å². The molecule has 2 aliphatic heterocycles. The lowest BCUT2D eigenvalue weighted by Gasteiger charge is -2.29. The summed E-state index contributed by atoms with van der Waals surface area (Å²) < 4.78 is 40.3. The number of alkyl halides is 3. The molecule has 0 aromatic carbocycles. The van der Waals surface area contributed by atoms with Crippen LogP contribution < -0.4 is 4.74 Å². The van der Waals surface area contributed by atoms with Crippen LogP contribution >= 0.6 is 0 Å². The number of halogens is 3. The molecule has 3 heterocycles. The summed E-state index contributed by atoms with van der Waals surface area (Å²) in [5.41, 5.74) is 0.236. The molecule has 1 aromatic heterocycles. The summed E-state index contributed by atoms with van der Waals surface area (Å²) in [6.07, 6.45) is 1.51. The molecule has 0 saturated carbocycles. The molecule has 0 amide bonds. The molecule has 3 rings (SSSR count). The van der Waals surface area contributed by atoms with Crippen molar-refractivity contribution in [3.05, 3.63) is 18.1 Å². The monoisotopic (exact) mass is 319 g/mol. The Bertz CT molecular complexity index is 486. The fourth-order valence-electron chi connectivity index (χ4n) is 3.08. The van der Waals surface area contributed by atoms with Gasteiger partial charge >= 0.3 is 6.18 Å². The van der Waals surface area contributed by atoms with Gasteiger partial charge in [0.1, 0.15) is 0 Å². The predicted octanol–water partition coefficient (Wildman–Crippen LogP) is 2.11. The van der Waals surface area contributed by atoms with Crippen LogP contribution in [0.2, 0.25) is 0 Å². The number of aliphatic hydroxyl groups is 1. The minimum absolute atomic E-state index is 0.0997. The van der Waals surface area contributed by atoms with Gasteiger partial charge in [-0.15, -0.1) is 0 Å². The van der Waals surface area contributed by atoms with Crippen LogP contribution in [0.5, 0.6) is 5.88 Å². The van der Waals surface area contributed by atoms with E-state index >= 15 is 0 Å². The lowest BCUT2D eigenvalue weighted by molar-refractivity contribution is -0.145. The van der Waals surface area contributed by atoms with E-state index in [0.717, 1.165) is 6.20 Å². The van der Waals surface area contributed by atoms with Gasteiger partial charge in [-0.25, -0.2) is 4.98 Å². The predicted molar refractivity (Wildman–Crippen MR) is 73.4 cm³/mol. The first-order chi connectivity index (χ1) is 10.4. The number of aliphatic hydroxyl groups excluding tert-OH is 1. The van der Waals surface area contributed by atoms with E-state index in [1.165, 1.54) is 51.9 Å². The average molecular weight is 319 g/mol. The van der Waals surface area contributed by atoms with Crippen molar-refractivity contribution in [2.24, 2.45) is 0 Å². The van der Waals surface area contributed by atoms with E-state index in [1.807, 2.05) is 0 Å². The second-order valence-electron chi connectivity index (χ2n) is 5.50. The highest BCUT2D eigenvalue weighted by atomic mass is 19.4. The lowest BCUT2D eigenvalue weighted by Crippen LogP contribution is -2.41. The molecule has 2 saturated heterocycles. The maximum atomic E-state index is 11.9. The zero-order valence-corrected chi connectivity index (χ0v) is 12.4. The Kier molecular flexibility index (Phi) is 5.23. The zero-order chi connectivity index (χ0) is 16.2. The average Bonchev–Trinajstić information content (AvgIpc) is 3.07. The van der Waals surface area contributed by atoms with Gasteiger partial charge in [0, 0.05) is 17.8 Å². The standard InChI is InChI=1S/C8H15NO.C6H5F3N2O/c10-7-8-3-1-5-9(8)6-2-4-8;1-12-4-2-3-10-5(11-4)6(7,8)9/h10H,1-7H2;2-3H,1H3. The molecule has 0 radical (unpaired) electrons. The van der Waals surface area contributed by atoms with Crippen molar-refractivity contribution in [2.45, 2.75) is 37.4 Å². The summed E-state index contributed by atoms with van der Waals surface area (Å²) in [5, 5.41) is 9.19. The highest BCUT2D eigenvalue weighted by Crippen LogP contribution is 2.37. The number of aromatic nitrogens is 2. The Morgan fingerprint density at radius 2 is 1.95 bits per heavy atom. The third kappa shape index (κ3) is 3.67. The molecular weight excluding hydrogens is 299 g/mol. The van der Waals surface area contributed by atoms with Gasteiger partial charge in [-0.1, -0.05) is 0 Å². The third-order valence-corrected chi connectivity index (χ3v) is 4.20. The van der Waals surface area contributed by atoms with Crippen LogP contribution in [0.3, 0.4) is 0 Å². The smallest absolute Gasteiger partial charge is 0.451 e. The summed E-state index contributed by atoms with van der Waals surface area (Å²) in [5.74, 6) is -1.29. The van der Waals surface area contributed by atoms with Crippen molar-refractivity contribution in [1.29, 1.82) is 0 Å². The molecule has 0 aliphatic carbocycles. The first-order valence-electron chi connectivity index (χ1n) is 7.21. The molecule has 8 heteroatoms. The first-order valence-corrected chi connectivity index (χ1v) is 7.21. The van der Waals surface area contributed by atoms with Gasteiger partial charge in [0.2, 0.25) is 11.7 Å². The minimum atomic E-state index is -4.52. The number of hydrogen-bond donors (Lipinski definition) is 1. The van der Waals surface area contributed by atoms with Crippen molar-refractivity contribution in [3.8, 4) is 5.88 Å². The molecule has 1 N–H and O–H groups in total. The molecule has 5 nitrogen and oxygen atoms in total. The van der Waals surface area contributed by atoms with Gasteiger partial charge in [0.15, 0.2) is 0 Å². The zero-order valence-electron chi connectivity index (χ0n) is 12.4. The topological polar surface area (TPSA) is 58.5 Å². The van der Waals surface area contributed by atoms with Crippen molar-refractivity contribution in [3.63, 3.8) is 0 Å². The number of fused-ring (bicyclic) bond motifs is 1. The van der Waals surface area contributed by atoms with Crippen molar-refractivity contribution in [2.75, 3.05) is 26.8 Å². The number of hydrogen-bond acceptors (Lipinski definition) is 5. The summed E-state index contributed by atoms with van der Waals surface area (Å²) >= 11 is 0. The van der Waals surface area contributed by atoms with Gasteiger partial charge < -0.3 is 9.84 Å². The second-order valence-corrected chi connectivity index (χ2v) is 5.50. The van der Waals surface area contributed by atoms with E-state index in [2.05, 4.69) is 19.6 Å². The number of ether oxygens (including phenoxy) is 1. The lowest BCUT2D eigenvalue weighted by atomic mass is 9.96. The fourth-order valence-corrected chi connectivity index (χ4v) is 3.08. The van der Waals surface area contributed by atoms with E-state index < -0.39 is 12.0 Å². The third-order valence-electron chi connectivity index (χ3n) is 4.20. The fraction of sp³-hybridized carbons (Fsp3) is 0.714. The van der Waals surface area contributed by atoms with E-state index in [1.54, 1.807) is 0 Å². The SMILES string of the molecule is COc1ccnc(C(F)(F)F)n1.OCC12CCCN1CCC2. The molecule has 22 heavy (non-hydrogen) atoms. The molecule has 0 bridgehead atoms. The van der Waals surface area contributed by atoms with Crippen LogP contribution in [0.25, 0.3) is 0 Å². The van der Waals surface area contributed by atoms with Crippen molar-refractivity contribution < 1.29 is 23.0 Å². The Morgan fingerprint density at radius 1 is 1.32 bits per heavy atom. The van der Waals surface area contributed by atoms with Gasteiger partial charge in [0.05, 0.1) is 13.7 Å². The summed E-state index contributed by atoms with van der Waals surface area (Å²) in [6, 6.07) is 1.25. The van der Waals surface area contributed by atoms with Gasteiger partial charge in [-0.05, 0) is 38.8 Å². The summed E-state index contributed by atoms with van der Waals surface area (Å²) in [4.78, 5) is 8.61. The maximum Gasteiger partial charge on any atom is 0.451 e. The Labute approximate surface area is 127 Å². The Balaban J connectivity index is 0.000000162. The molecular formula is C14H20F3N3O2. The summed E-state index contributed by atoms with van der Waals surface area (Å²) in [6.45, 7) is 2.83. The van der Waals surface area contributed by atoms with E-state index in [-0.39, 0.29) is 11.4 Å². The quantitative estimate of drug-likeness (QED) is 0.905. The first kappa shape index (κ1) is 17.0. The largest absolute Gasteiger partial charge is 0.481 e. The molecule has 0 atom stereocenters. The Morgan fingerprint density at radius 3 is 2.41 bits per heavy atom. The molecule has 0 spiro atoms. The molecule has 2 fully saturated rings. The van der Waals surface area contributed by atoms with Gasteiger partial charge in [-0.3, -0.25) is 4.90 Å². The maximum absolute atomic E-state index is 11.9. The van der Waals surface area contributed by atoms with Crippen LogP contribution in [0.15, 0.2) is 12.3 Å². The van der Waals surface area contributed by atoms with Crippen molar-refractivity contribution in [1.82, 2.24) is 14.9 Å². The normalized spacial score (nSPS) is 20.2. The number of nitrogens with zero attached hydrogens (tertiary/aromatic N) is 3. The van der Waals surface area contributed by atoms with Gasteiger partial charge in [0.25, 0.3) is 0 Å². The molecule has 0 unspecified atom stereocenters. The van der Waals surface area contributed by atoms with Crippen LogP contribution in [0.4, 0.5) is 13.2 Å². The summed E-state index contributed by atoms with van der Waals surface area (Å²) in [7, 11) is 1.24. The Hall–Kier alpha value is -1.41. The van der Waals surface area contributed by atoms with Crippen LogP contribution in [-0.2, 0) is 6.18 Å². The number of rotatable bonds is 2. The molecule has 2 aliphatic rings. The van der Waals surface area contributed by atoms with Crippen LogP contribution in [0.1, 0.15) is 31.5 Å². The van der Waals surface area contributed by atoms with Crippen molar-refractivity contribution >= 4 is 0 Å². The second kappa shape index (κ2) is 6.78. The minimum Gasteiger partial charge on any atom is -0.481 e. The van der Waals surface area contributed by atoms with E-state index in [4.69, 9.17) is 0 Å². The van der Waals surface area contributed by atoms with E-state index in [0.29, 0.717) is 6.61 Å². The van der Waals surface area contributed by atoms with Gasteiger partial charge in [-0.2, -0.15) is 18.2 Å². The van der Waals surface area contributed by atoms with Crippen LogP contribution in [-0.4, -0.2) is 52.3 Å².